The summed E-state index contributed by atoms with van der Waals surface area (Å²) in [4.78, 5) is 84.7. The number of ether oxygens (including phenoxy) is 2. The smallest absolute Gasteiger partial charge is 0.301 e. The van der Waals surface area contributed by atoms with E-state index in [-0.39, 0.29) is 52.0 Å². The number of para-hydroxylation sites is 1. The van der Waals surface area contributed by atoms with Crippen LogP contribution in [0.3, 0.4) is 0 Å². The Morgan fingerprint density at radius 1 is 0.869 bits per heavy atom. The summed E-state index contributed by atoms with van der Waals surface area (Å²) in [5, 5.41) is 37.8. The molecule has 3 fully saturated rings. The number of carbonyl (C=O) groups is 4. The summed E-state index contributed by atoms with van der Waals surface area (Å²) >= 11 is 12.7. The standard InChI is InChI=1S/C42H36Cl2N6O11/c1-46(2)36-31(49(56)57)17-22(18-32(36)50(58)59)47-38(52)25-14-13-24-27(34(25)40(47)54)19-28-39(53)48(45-30-15-10-21(43)16-29(30)44)41(55)42(28,20-8-11-23(60-3)12-9-20)35(24)26-6-5-7-33(61-4)37(26)51/h5-13,15-18,25,27-28,34-35,45,51H,14,19H2,1-4H3/t25-,27+,28-,34-,35+,42+/m0/s1. The summed E-state index contributed by atoms with van der Waals surface area (Å²) in [5.74, 6) is -8.30. The molecule has 1 saturated carbocycles. The minimum absolute atomic E-state index is 0.0490. The molecule has 61 heavy (non-hydrogen) atoms. The Balaban J connectivity index is 1.33. The van der Waals surface area contributed by atoms with Crippen molar-refractivity contribution in [3.63, 3.8) is 0 Å². The highest BCUT2D eigenvalue weighted by atomic mass is 35.5. The largest absolute Gasteiger partial charge is 0.504 e. The molecule has 2 aliphatic carbocycles. The Bertz CT molecular complexity index is 2590. The number of amides is 4. The predicted molar refractivity (Wildman–Crippen MR) is 222 cm³/mol. The van der Waals surface area contributed by atoms with Crippen LogP contribution in [0.1, 0.15) is 29.9 Å². The average molecular weight is 872 g/mol. The van der Waals surface area contributed by atoms with Crippen molar-refractivity contribution in [2.75, 3.05) is 43.5 Å². The number of hydrazine groups is 1. The molecule has 6 atom stereocenters. The van der Waals surface area contributed by atoms with E-state index in [0.717, 1.165) is 22.0 Å². The minimum Gasteiger partial charge on any atom is -0.504 e. The minimum atomic E-state index is -1.80. The Hall–Kier alpha value is -6.72. The van der Waals surface area contributed by atoms with Crippen molar-refractivity contribution in [3.8, 4) is 17.2 Å². The van der Waals surface area contributed by atoms with Crippen molar-refractivity contribution in [1.29, 1.82) is 0 Å². The molecule has 4 amide bonds. The van der Waals surface area contributed by atoms with Crippen LogP contribution in [0.15, 0.2) is 84.4 Å². The molecule has 2 aliphatic heterocycles. The molecule has 2 N–H and O–H groups in total. The lowest BCUT2D eigenvalue weighted by atomic mass is 9.49. The van der Waals surface area contributed by atoms with Crippen LogP contribution < -0.4 is 24.7 Å². The number of nitro groups is 2. The summed E-state index contributed by atoms with van der Waals surface area (Å²) in [6.45, 7) is 0. The number of rotatable bonds is 10. The van der Waals surface area contributed by atoms with E-state index in [0.29, 0.717) is 21.9 Å². The zero-order valence-corrected chi connectivity index (χ0v) is 34.3. The van der Waals surface area contributed by atoms with E-state index in [1.807, 2.05) is 0 Å². The Kier molecular flexibility index (Phi) is 10.1. The number of hydrogen-bond acceptors (Lipinski definition) is 13. The van der Waals surface area contributed by atoms with Crippen LogP contribution in [0.2, 0.25) is 10.0 Å². The molecule has 0 bridgehead atoms. The predicted octanol–water partition coefficient (Wildman–Crippen LogP) is 6.79. The van der Waals surface area contributed by atoms with Crippen molar-refractivity contribution < 1.29 is 43.6 Å². The van der Waals surface area contributed by atoms with Crippen molar-refractivity contribution in [1.82, 2.24) is 5.01 Å². The topological polar surface area (TPSA) is 215 Å². The third-order valence-electron chi connectivity index (χ3n) is 12.3. The van der Waals surface area contributed by atoms with Crippen molar-refractivity contribution in [2.24, 2.45) is 23.7 Å². The van der Waals surface area contributed by atoms with E-state index in [2.05, 4.69) is 5.43 Å². The van der Waals surface area contributed by atoms with Gasteiger partial charge in [-0.3, -0.25) is 44.8 Å². The van der Waals surface area contributed by atoms with Crippen LogP contribution in [0, 0.1) is 43.9 Å². The van der Waals surface area contributed by atoms with Crippen molar-refractivity contribution >= 4 is 75.3 Å². The van der Waals surface area contributed by atoms with Gasteiger partial charge in [-0.05, 0) is 60.7 Å². The maximum Gasteiger partial charge on any atom is 0.301 e. The number of carbonyl (C=O) groups excluding carboxylic acids is 4. The fraction of sp³-hybridized carbons (Fsp3) is 0.286. The zero-order valence-electron chi connectivity index (χ0n) is 32.8. The highest BCUT2D eigenvalue weighted by molar-refractivity contribution is 6.36. The lowest BCUT2D eigenvalue weighted by Crippen LogP contribution is -2.53. The number of hydrogen-bond donors (Lipinski definition) is 2. The van der Waals surface area contributed by atoms with Gasteiger partial charge >= 0.3 is 11.4 Å². The molecule has 4 aromatic rings. The molecule has 4 aromatic carbocycles. The number of imide groups is 2. The first-order chi connectivity index (χ1) is 29.1. The van der Waals surface area contributed by atoms with Gasteiger partial charge in [-0.15, -0.1) is 0 Å². The molecule has 8 rings (SSSR count). The van der Waals surface area contributed by atoms with E-state index in [1.165, 1.54) is 57.5 Å². The number of aromatic hydroxyl groups is 1. The van der Waals surface area contributed by atoms with Gasteiger partial charge in [-0.25, -0.2) is 4.90 Å². The number of nitrogens with one attached hydrogen (secondary N) is 1. The second kappa shape index (κ2) is 15.1. The van der Waals surface area contributed by atoms with Gasteiger partial charge in [0.25, 0.3) is 11.8 Å². The Morgan fingerprint density at radius 2 is 1.54 bits per heavy atom. The number of nitro benzene ring substituents is 2. The Morgan fingerprint density at radius 3 is 2.13 bits per heavy atom. The van der Waals surface area contributed by atoms with Gasteiger partial charge in [-0.1, -0.05) is 59.1 Å². The normalized spacial score (nSPS) is 24.2. The van der Waals surface area contributed by atoms with Gasteiger partial charge in [0.2, 0.25) is 11.8 Å². The average Bonchev–Trinajstić information content (AvgIpc) is 3.61. The number of phenols is 1. The van der Waals surface area contributed by atoms with Crippen molar-refractivity contribution in [2.45, 2.75) is 24.2 Å². The quantitative estimate of drug-likeness (QED) is 0.0728. The summed E-state index contributed by atoms with van der Waals surface area (Å²) < 4.78 is 11.0. The summed E-state index contributed by atoms with van der Waals surface area (Å²) in [6.07, 6.45) is 1.55. The molecule has 0 aromatic heterocycles. The fourth-order valence-corrected chi connectivity index (χ4v) is 10.3. The third kappa shape index (κ3) is 6.12. The fourth-order valence-electron chi connectivity index (χ4n) is 9.83. The number of phenolic OH excluding ortho intramolecular Hbond substituents is 1. The number of anilines is 3. The van der Waals surface area contributed by atoms with Crippen molar-refractivity contribution in [3.05, 3.63) is 126 Å². The summed E-state index contributed by atoms with van der Waals surface area (Å²) in [5.41, 5.74) is 0.268. The molecule has 2 heterocycles. The van der Waals surface area contributed by atoms with E-state index in [9.17, 15) is 34.9 Å². The molecule has 0 spiro atoms. The first-order valence-corrected chi connectivity index (χ1v) is 19.6. The monoisotopic (exact) mass is 870 g/mol. The molecule has 19 heteroatoms. The van der Waals surface area contributed by atoms with Gasteiger partial charge in [0.15, 0.2) is 17.2 Å². The molecular formula is C42H36Cl2N6O11. The van der Waals surface area contributed by atoms with Crippen LogP contribution >= 0.6 is 23.2 Å². The van der Waals surface area contributed by atoms with Crippen LogP contribution in [-0.4, -0.2) is 71.9 Å². The van der Waals surface area contributed by atoms with Gasteiger partial charge < -0.3 is 19.5 Å². The number of halogens is 2. The lowest BCUT2D eigenvalue weighted by molar-refractivity contribution is -0.392. The highest BCUT2D eigenvalue weighted by Gasteiger charge is 2.71. The first-order valence-electron chi connectivity index (χ1n) is 18.9. The third-order valence-corrected chi connectivity index (χ3v) is 12.8. The highest BCUT2D eigenvalue weighted by Crippen LogP contribution is 2.65. The molecule has 0 radical (unpaired) electrons. The van der Waals surface area contributed by atoms with E-state index >= 15 is 9.59 Å². The van der Waals surface area contributed by atoms with E-state index in [4.69, 9.17) is 32.7 Å². The van der Waals surface area contributed by atoms with E-state index < -0.39 is 79.9 Å². The molecule has 0 unspecified atom stereocenters. The molecule has 314 valence electrons. The van der Waals surface area contributed by atoms with Gasteiger partial charge in [-0.2, -0.15) is 5.01 Å². The maximum absolute atomic E-state index is 15.5. The van der Waals surface area contributed by atoms with Crippen LogP contribution in [0.5, 0.6) is 17.2 Å². The maximum atomic E-state index is 15.5. The summed E-state index contributed by atoms with van der Waals surface area (Å²) in [6, 6.07) is 17.7. The molecule has 2 saturated heterocycles. The van der Waals surface area contributed by atoms with Crippen LogP contribution in [0.25, 0.3) is 0 Å². The number of nitrogens with zero attached hydrogens (tertiary/aromatic N) is 5. The first kappa shape index (κ1) is 41.0. The number of benzene rings is 4. The number of allylic oxidation sites excluding steroid dienone is 2. The molecular weight excluding hydrogens is 835 g/mol. The SMILES string of the molecule is COc1ccc([C@@]23C(=O)N(Nc4ccc(Cl)cc4Cl)C(=O)[C@@H]2C[C@@H]2C(=CC[C@@H]4C(=O)N(c5cc([N+](=O)[O-])c(N(C)C)c([N+](=O)[O-])c5)C(=O)[C@@H]42)[C@@H]3c2cccc(OC)c2O)cc1. The van der Waals surface area contributed by atoms with E-state index in [1.54, 1.807) is 42.5 Å². The summed E-state index contributed by atoms with van der Waals surface area (Å²) in [7, 11) is 5.62. The second-order valence-corrected chi connectivity index (χ2v) is 16.2. The van der Waals surface area contributed by atoms with Crippen LogP contribution in [0.4, 0.5) is 28.4 Å². The zero-order chi connectivity index (χ0) is 43.8. The van der Waals surface area contributed by atoms with Gasteiger partial charge in [0.05, 0.1) is 63.6 Å². The second-order valence-electron chi connectivity index (χ2n) is 15.4. The Labute approximate surface area is 357 Å². The number of methoxy groups -OCH3 is 2. The van der Waals surface area contributed by atoms with Gasteiger partial charge in [0, 0.05) is 42.7 Å². The lowest BCUT2D eigenvalue weighted by Gasteiger charge is -2.50. The van der Waals surface area contributed by atoms with Crippen LogP contribution in [-0.2, 0) is 24.6 Å². The number of fused-ring (bicyclic) bond motifs is 4. The molecule has 4 aliphatic rings. The molecule has 17 nitrogen and oxygen atoms in total. The van der Waals surface area contributed by atoms with Gasteiger partial charge in [0.1, 0.15) is 5.75 Å².